The van der Waals surface area contributed by atoms with Crippen molar-refractivity contribution < 1.29 is 8.42 Å². The zero-order valence-electron chi connectivity index (χ0n) is 9.02. The third-order valence-corrected chi connectivity index (χ3v) is 4.59. The molecule has 1 heterocycles. The van der Waals surface area contributed by atoms with E-state index in [0.29, 0.717) is 19.1 Å². The van der Waals surface area contributed by atoms with Crippen LogP contribution >= 0.6 is 0 Å². The number of piperidine rings is 1. The number of nitrogens with one attached hydrogen (secondary N) is 1. The molecule has 0 aromatic heterocycles. The van der Waals surface area contributed by atoms with Crippen LogP contribution in [0.3, 0.4) is 0 Å². The maximum atomic E-state index is 11.7. The van der Waals surface area contributed by atoms with Crippen molar-refractivity contribution >= 4 is 10.2 Å². The summed E-state index contributed by atoms with van der Waals surface area (Å²) in [6.07, 6.45) is 1.78. The molecule has 1 fully saturated rings. The molecule has 0 amide bonds. The third kappa shape index (κ3) is 2.44. The van der Waals surface area contributed by atoms with Crippen LogP contribution in [0.1, 0.15) is 12.8 Å². The highest BCUT2D eigenvalue weighted by Gasteiger charge is 2.28. The second-order valence-electron chi connectivity index (χ2n) is 3.75. The number of nitrogens with zero attached hydrogens (tertiary/aromatic N) is 2. The fourth-order valence-corrected chi connectivity index (χ4v) is 2.74. The second kappa shape index (κ2) is 4.57. The smallest absolute Gasteiger partial charge is 0.281 e. The Balaban J connectivity index is 2.58. The molecule has 0 unspecified atom stereocenters. The minimum Gasteiger partial charge on any atom is -0.317 e. The SMILES string of the molecule is CNC1CCN(S(=O)(=O)N(C)C)CC1. The lowest BCUT2D eigenvalue weighted by atomic mass is 10.1. The lowest BCUT2D eigenvalue weighted by Gasteiger charge is -2.32. The highest BCUT2D eigenvalue weighted by Crippen LogP contribution is 2.14. The van der Waals surface area contributed by atoms with Crippen LogP contribution < -0.4 is 5.32 Å². The Morgan fingerprint density at radius 3 is 2.14 bits per heavy atom. The lowest BCUT2D eigenvalue weighted by molar-refractivity contribution is 0.285. The third-order valence-electron chi connectivity index (χ3n) is 2.65. The van der Waals surface area contributed by atoms with Gasteiger partial charge in [-0.05, 0) is 19.9 Å². The van der Waals surface area contributed by atoms with Gasteiger partial charge < -0.3 is 5.32 Å². The average molecular weight is 221 g/mol. The predicted octanol–water partition coefficient (Wildman–Crippen LogP) is -0.523. The summed E-state index contributed by atoms with van der Waals surface area (Å²) in [5.74, 6) is 0. The monoisotopic (exact) mass is 221 g/mol. The van der Waals surface area contributed by atoms with E-state index >= 15 is 0 Å². The Kier molecular flexibility index (Phi) is 3.88. The number of hydrogen-bond donors (Lipinski definition) is 1. The molecule has 0 atom stereocenters. The number of rotatable bonds is 3. The predicted molar refractivity (Wildman–Crippen MR) is 56.3 cm³/mol. The van der Waals surface area contributed by atoms with Crippen LogP contribution in [-0.2, 0) is 10.2 Å². The second-order valence-corrected chi connectivity index (χ2v) is 5.89. The topological polar surface area (TPSA) is 52.7 Å². The molecule has 0 aromatic rings. The van der Waals surface area contributed by atoms with Gasteiger partial charge >= 0.3 is 0 Å². The summed E-state index contributed by atoms with van der Waals surface area (Å²) in [6, 6.07) is 0.462. The molecule has 14 heavy (non-hydrogen) atoms. The molecule has 0 spiro atoms. The van der Waals surface area contributed by atoms with E-state index in [-0.39, 0.29) is 0 Å². The molecule has 0 bridgehead atoms. The Labute approximate surface area is 86.3 Å². The molecule has 0 aliphatic carbocycles. The molecule has 5 nitrogen and oxygen atoms in total. The van der Waals surface area contributed by atoms with Crippen molar-refractivity contribution in [3.8, 4) is 0 Å². The highest BCUT2D eigenvalue weighted by atomic mass is 32.2. The summed E-state index contributed by atoms with van der Waals surface area (Å²) in [7, 11) is 1.86. The van der Waals surface area contributed by atoms with Gasteiger partial charge in [0.25, 0.3) is 10.2 Å². The fourth-order valence-electron chi connectivity index (χ4n) is 1.61. The van der Waals surface area contributed by atoms with E-state index in [0.717, 1.165) is 12.8 Å². The molecule has 0 radical (unpaired) electrons. The van der Waals surface area contributed by atoms with Crippen LogP contribution in [0.25, 0.3) is 0 Å². The van der Waals surface area contributed by atoms with E-state index in [4.69, 9.17) is 0 Å². The summed E-state index contributed by atoms with van der Waals surface area (Å²) in [5, 5.41) is 3.17. The Hall–Kier alpha value is -0.170. The van der Waals surface area contributed by atoms with Crippen LogP contribution in [0.5, 0.6) is 0 Å². The van der Waals surface area contributed by atoms with Gasteiger partial charge in [-0.1, -0.05) is 0 Å². The molecule has 1 aliphatic heterocycles. The van der Waals surface area contributed by atoms with E-state index in [1.54, 1.807) is 18.4 Å². The molecule has 6 heteroatoms. The summed E-state index contributed by atoms with van der Waals surface area (Å²) in [4.78, 5) is 0. The zero-order chi connectivity index (χ0) is 10.8. The van der Waals surface area contributed by atoms with Gasteiger partial charge in [-0.3, -0.25) is 0 Å². The van der Waals surface area contributed by atoms with Gasteiger partial charge in [-0.15, -0.1) is 0 Å². The fraction of sp³-hybridized carbons (Fsp3) is 1.00. The Morgan fingerprint density at radius 2 is 1.79 bits per heavy atom. The first kappa shape index (κ1) is 11.9. The lowest BCUT2D eigenvalue weighted by Crippen LogP contribution is -2.47. The van der Waals surface area contributed by atoms with E-state index in [2.05, 4.69) is 5.32 Å². The van der Waals surface area contributed by atoms with Crippen LogP contribution in [-0.4, -0.2) is 57.3 Å². The van der Waals surface area contributed by atoms with Crippen molar-refractivity contribution in [3.05, 3.63) is 0 Å². The largest absolute Gasteiger partial charge is 0.317 e. The number of hydrogen-bond acceptors (Lipinski definition) is 3. The van der Waals surface area contributed by atoms with Crippen LogP contribution in [0, 0.1) is 0 Å². The van der Waals surface area contributed by atoms with Gasteiger partial charge in [0.1, 0.15) is 0 Å². The molecule has 1 N–H and O–H groups in total. The molecule has 84 valence electrons. The first-order valence-corrected chi connectivity index (χ1v) is 6.23. The molecule has 1 rings (SSSR count). The minimum atomic E-state index is -3.19. The first-order chi connectivity index (χ1) is 6.48. The van der Waals surface area contributed by atoms with E-state index < -0.39 is 10.2 Å². The van der Waals surface area contributed by atoms with Gasteiger partial charge in [0.2, 0.25) is 0 Å². The van der Waals surface area contributed by atoms with Gasteiger partial charge in [0, 0.05) is 33.2 Å². The van der Waals surface area contributed by atoms with Crippen LogP contribution in [0.4, 0.5) is 0 Å². The Bertz CT molecular complexity index is 268. The summed E-state index contributed by atoms with van der Waals surface area (Å²) in [5.41, 5.74) is 0. The van der Waals surface area contributed by atoms with Gasteiger partial charge in [-0.2, -0.15) is 17.0 Å². The first-order valence-electron chi connectivity index (χ1n) is 4.83. The normalized spacial score (nSPS) is 21.7. The Morgan fingerprint density at radius 1 is 1.29 bits per heavy atom. The molecule has 1 aliphatic rings. The molecular formula is C8H19N3O2S. The van der Waals surface area contributed by atoms with Crippen LogP contribution in [0.2, 0.25) is 0 Å². The van der Waals surface area contributed by atoms with Gasteiger partial charge in [0.15, 0.2) is 0 Å². The molecular weight excluding hydrogens is 202 g/mol. The summed E-state index contributed by atoms with van der Waals surface area (Å²) >= 11 is 0. The molecule has 1 saturated heterocycles. The molecule has 0 saturated carbocycles. The molecule has 0 aromatic carbocycles. The van der Waals surface area contributed by atoms with E-state index in [1.807, 2.05) is 7.05 Å². The van der Waals surface area contributed by atoms with Crippen molar-refractivity contribution in [1.29, 1.82) is 0 Å². The maximum Gasteiger partial charge on any atom is 0.281 e. The summed E-state index contributed by atoms with van der Waals surface area (Å²) < 4.78 is 26.2. The average Bonchev–Trinajstić information content (AvgIpc) is 2.17. The standard InChI is InChI=1S/C8H19N3O2S/c1-9-8-4-6-11(7-5-8)14(12,13)10(2)3/h8-9H,4-7H2,1-3H3. The van der Waals surface area contributed by atoms with Crippen molar-refractivity contribution in [3.63, 3.8) is 0 Å². The van der Waals surface area contributed by atoms with Crippen molar-refractivity contribution in [2.75, 3.05) is 34.2 Å². The van der Waals surface area contributed by atoms with Crippen LogP contribution in [0.15, 0.2) is 0 Å². The van der Waals surface area contributed by atoms with Crippen molar-refractivity contribution in [1.82, 2.24) is 13.9 Å². The minimum absolute atomic E-state index is 0.462. The zero-order valence-corrected chi connectivity index (χ0v) is 9.84. The summed E-state index contributed by atoms with van der Waals surface area (Å²) in [6.45, 7) is 1.23. The van der Waals surface area contributed by atoms with Gasteiger partial charge in [0.05, 0.1) is 0 Å². The maximum absolute atomic E-state index is 11.7. The van der Waals surface area contributed by atoms with Crippen molar-refractivity contribution in [2.45, 2.75) is 18.9 Å². The van der Waals surface area contributed by atoms with Gasteiger partial charge in [-0.25, -0.2) is 0 Å². The van der Waals surface area contributed by atoms with Crippen molar-refractivity contribution in [2.24, 2.45) is 0 Å². The van der Waals surface area contributed by atoms with E-state index in [9.17, 15) is 8.42 Å². The van der Waals surface area contributed by atoms with E-state index in [1.165, 1.54) is 4.31 Å². The highest BCUT2D eigenvalue weighted by molar-refractivity contribution is 7.86. The quantitative estimate of drug-likeness (QED) is 0.697.